The molecule has 0 radical (unpaired) electrons. The van der Waals surface area contributed by atoms with Crippen LogP contribution < -0.4 is 9.47 Å². The maximum absolute atomic E-state index is 14.2. The molecule has 2 aromatic rings. The minimum Gasteiger partial charge on any atom is -0.462 e. The fourth-order valence-electron chi connectivity index (χ4n) is 4.34. The monoisotopic (exact) mass is 442 g/mol. The zero-order valence-corrected chi connectivity index (χ0v) is 18.9. The summed E-state index contributed by atoms with van der Waals surface area (Å²) in [5.74, 6) is -2.56. The molecule has 1 fully saturated rings. The van der Waals surface area contributed by atoms with E-state index in [2.05, 4.69) is 6.92 Å². The van der Waals surface area contributed by atoms with Gasteiger partial charge in [-0.25, -0.2) is 4.79 Å². The zero-order chi connectivity index (χ0) is 22.9. The minimum absolute atomic E-state index is 0.273. The fourth-order valence-corrected chi connectivity index (χ4v) is 4.34. The number of benzene rings is 2. The Morgan fingerprint density at radius 2 is 1.62 bits per heavy atom. The standard InChI is InChI=1S/C27H32F2O3/c1-3-5-6-7-19-8-10-20(11-9-19)21-12-14-22(15-13-21)27(30)32-24-17-16-23(31-18-4-2)25(28)26(24)29/h4,12-20H,3,5-11H2,1-2H3/b18-4+. The van der Waals surface area contributed by atoms with Crippen LogP contribution in [-0.2, 0) is 0 Å². The topological polar surface area (TPSA) is 35.5 Å². The van der Waals surface area contributed by atoms with Crippen LogP contribution in [0.3, 0.4) is 0 Å². The Morgan fingerprint density at radius 3 is 2.28 bits per heavy atom. The van der Waals surface area contributed by atoms with Crippen LogP contribution in [0.4, 0.5) is 8.78 Å². The van der Waals surface area contributed by atoms with Gasteiger partial charge in [-0.3, -0.25) is 0 Å². The molecule has 0 unspecified atom stereocenters. The van der Waals surface area contributed by atoms with Gasteiger partial charge >= 0.3 is 5.97 Å². The Morgan fingerprint density at radius 1 is 0.969 bits per heavy atom. The van der Waals surface area contributed by atoms with Crippen molar-refractivity contribution in [3.63, 3.8) is 0 Å². The van der Waals surface area contributed by atoms with Crippen LogP contribution >= 0.6 is 0 Å². The third-order valence-electron chi connectivity index (χ3n) is 6.23. The summed E-state index contributed by atoms with van der Waals surface area (Å²) < 4.78 is 38.4. The van der Waals surface area contributed by atoms with Crippen molar-refractivity contribution in [1.29, 1.82) is 0 Å². The number of unbranched alkanes of at least 4 members (excludes halogenated alkanes) is 2. The highest BCUT2D eigenvalue weighted by atomic mass is 19.2. The lowest BCUT2D eigenvalue weighted by Gasteiger charge is -2.29. The SMILES string of the molecule is C/C=C/Oc1ccc(OC(=O)c2ccc(C3CCC(CCCCC)CC3)cc2)c(F)c1F. The lowest BCUT2D eigenvalue weighted by Crippen LogP contribution is -2.14. The number of ether oxygens (including phenoxy) is 2. The lowest BCUT2D eigenvalue weighted by atomic mass is 9.77. The van der Waals surface area contributed by atoms with Crippen molar-refractivity contribution in [3.05, 3.63) is 71.5 Å². The molecule has 5 heteroatoms. The highest BCUT2D eigenvalue weighted by Gasteiger charge is 2.23. The predicted octanol–water partition coefficient (Wildman–Crippen LogP) is 7.95. The van der Waals surface area contributed by atoms with Crippen molar-refractivity contribution < 1.29 is 23.0 Å². The molecule has 1 aliphatic carbocycles. The zero-order valence-electron chi connectivity index (χ0n) is 18.9. The van der Waals surface area contributed by atoms with Gasteiger partial charge in [0.1, 0.15) is 0 Å². The van der Waals surface area contributed by atoms with Crippen molar-refractivity contribution in [3.8, 4) is 11.5 Å². The van der Waals surface area contributed by atoms with Crippen molar-refractivity contribution in [1.82, 2.24) is 0 Å². The van der Waals surface area contributed by atoms with E-state index < -0.39 is 23.4 Å². The molecule has 3 rings (SSSR count). The molecule has 0 amide bonds. The molecule has 0 aliphatic heterocycles. The average molecular weight is 443 g/mol. The lowest BCUT2D eigenvalue weighted by molar-refractivity contribution is 0.0726. The summed E-state index contributed by atoms with van der Waals surface area (Å²) in [7, 11) is 0. The van der Waals surface area contributed by atoms with Crippen molar-refractivity contribution >= 4 is 5.97 Å². The molecule has 0 aromatic heterocycles. The first-order chi connectivity index (χ1) is 15.5. The van der Waals surface area contributed by atoms with Crippen molar-refractivity contribution in [2.45, 2.75) is 71.1 Å². The molecule has 0 N–H and O–H groups in total. The van der Waals surface area contributed by atoms with E-state index in [1.807, 2.05) is 12.1 Å². The molecule has 0 heterocycles. The van der Waals surface area contributed by atoms with Gasteiger partial charge in [0, 0.05) is 0 Å². The number of hydrogen-bond acceptors (Lipinski definition) is 3. The summed E-state index contributed by atoms with van der Waals surface area (Å²) in [6.45, 7) is 3.93. The normalized spacial score (nSPS) is 18.6. The highest BCUT2D eigenvalue weighted by Crippen LogP contribution is 2.38. The number of halogens is 2. The van der Waals surface area contributed by atoms with Gasteiger partial charge in [0.15, 0.2) is 11.5 Å². The first kappa shape index (κ1) is 24.0. The van der Waals surface area contributed by atoms with E-state index in [0.29, 0.717) is 11.5 Å². The van der Waals surface area contributed by atoms with E-state index in [0.717, 1.165) is 5.92 Å². The fraction of sp³-hybridized carbons (Fsp3) is 0.444. The van der Waals surface area contributed by atoms with E-state index in [9.17, 15) is 13.6 Å². The summed E-state index contributed by atoms with van der Waals surface area (Å²) in [5.41, 5.74) is 1.52. The number of allylic oxidation sites excluding steroid dienone is 1. The third-order valence-corrected chi connectivity index (χ3v) is 6.23. The molecule has 32 heavy (non-hydrogen) atoms. The summed E-state index contributed by atoms with van der Waals surface area (Å²) >= 11 is 0. The quantitative estimate of drug-likeness (QED) is 0.171. The number of rotatable bonds is 9. The second-order valence-corrected chi connectivity index (χ2v) is 8.50. The first-order valence-electron chi connectivity index (χ1n) is 11.6. The maximum atomic E-state index is 14.2. The van der Waals surface area contributed by atoms with Crippen LogP contribution in [0.1, 0.15) is 87.1 Å². The predicted molar refractivity (Wildman–Crippen MR) is 122 cm³/mol. The smallest absolute Gasteiger partial charge is 0.343 e. The number of hydrogen-bond donors (Lipinski definition) is 0. The molecule has 172 valence electrons. The van der Waals surface area contributed by atoms with Crippen LogP contribution in [0.15, 0.2) is 48.7 Å². The van der Waals surface area contributed by atoms with Gasteiger partial charge in [-0.05, 0) is 74.3 Å². The summed E-state index contributed by atoms with van der Waals surface area (Å²) in [6.07, 6.45) is 12.9. The van der Waals surface area contributed by atoms with Gasteiger partial charge in [0.05, 0.1) is 11.8 Å². The molecule has 0 saturated heterocycles. The van der Waals surface area contributed by atoms with Gasteiger partial charge in [-0.2, -0.15) is 8.78 Å². The summed E-state index contributed by atoms with van der Waals surface area (Å²) in [4.78, 5) is 12.4. The highest BCUT2D eigenvalue weighted by molar-refractivity contribution is 5.91. The van der Waals surface area contributed by atoms with Gasteiger partial charge < -0.3 is 9.47 Å². The third kappa shape index (κ3) is 6.18. The van der Waals surface area contributed by atoms with Gasteiger partial charge in [0.2, 0.25) is 11.6 Å². The Kier molecular flexibility index (Phi) is 8.83. The molecule has 1 saturated carbocycles. The summed E-state index contributed by atoms with van der Waals surface area (Å²) in [6, 6.07) is 9.70. The largest absolute Gasteiger partial charge is 0.462 e. The van der Waals surface area contributed by atoms with Gasteiger partial charge in [0.25, 0.3) is 0 Å². The van der Waals surface area contributed by atoms with E-state index in [1.165, 1.54) is 75.3 Å². The van der Waals surface area contributed by atoms with Gasteiger partial charge in [-0.15, -0.1) is 0 Å². The maximum Gasteiger partial charge on any atom is 0.343 e. The van der Waals surface area contributed by atoms with Crippen molar-refractivity contribution in [2.24, 2.45) is 5.92 Å². The van der Waals surface area contributed by atoms with E-state index in [1.54, 1.807) is 25.1 Å². The van der Waals surface area contributed by atoms with E-state index in [-0.39, 0.29) is 5.75 Å². The Hall–Kier alpha value is -2.69. The Balaban J connectivity index is 1.57. The first-order valence-corrected chi connectivity index (χ1v) is 11.6. The molecule has 3 nitrogen and oxygen atoms in total. The van der Waals surface area contributed by atoms with Crippen LogP contribution in [0.5, 0.6) is 11.5 Å². The Labute approximate surface area is 189 Å². The average Bonchev–Trinajstić information content (AvgIpc) is 2.82. The molecule has 2 aromatic carbocycles. The molecular weight excluding hydrogens is 410 g/mol. The molecule has 0 spiro atoms. The number of carbonyl (C=O) groups is 1. The van der Waals surface area contributed by atoms with E-state index in [4.69, 9.17) is 9.47 Å². The number of carbonyl (C=O) groups excluding carboxylic acids is 1. The number of esters is 1. The molecular formula is C27H32F2O3. The second kappa shape index (κ2) is 11.8. The van der Waals surface area contributed by atoms with Crippen LogP contribution in [0.2, 0.25) is 0 Å². The second-order valence-electron chi connectivity index (χ2n) is 8.50. The minimum atomic E-state index is -1.26. The van der Waals surface area contributed by atoms with E-state index >= 15 is 0 Å². The van der Waals surface area contributed by atoms with Crippen LogP contribution in [0.25, 0.3) is 0 Å². The van der Waals surface area contributed by atoms with Gasteiger partial charge in [-0.1, -0.05) is 50.8 Å². The van der Waals surface area contributed by atoms with Crippen LogP contribution in [-0.4, -0.2) is 5.97 Å². The summed E-state index contributed by atoms with van der Waals surface area (Å²) in [5, 5.41) is 0. The Bertz CT molecular complexity index is 913. The molecule has 1 aliphatic rings. The molecule has 0 atom stereocenters. The van der Waals surface area contributed by atoms with Crippen LogP contribution in [0, 0.1) is 17.6 Å². The van der Waals surface area contributed by atoms with Crippen molar-refractivity contribution in [2.75, 3.05) is 0 Å². The molecule has 0 bridgehead atoms.